The molecule has 1 fully saturated rings. The molecule has 1 saturated heterocycles. The van der Waals surface area contributed by atoms with E-state index in [2.05, 4.69) is 35.2 Å². The molecule has 3 nitrogen and oxygen atoms in total. The molecule has 1 aliphatic rings. The molecule has 1 atom stereocenters. The van der Waals surface area contributed by atoms with Crippen molar-refractivity contribution < 1.29 is 4.74 Å². The van der Waals surface area contributed by atoms with Crippen LogP contribution in [0.5, 0.6) is 0 Å². The molecule has 2 aromatic rings. The van der Waals surface area contributed by atoms with Crippen molar-refractivity contribution in [2.24, 2.45) is 0 Å². The molecule has 0 bridgehead atoms. The van der Waals surface area contributed by atoms with Crippen molar-refractivity contribution in [3.63, 3.8) is 0 Å². The van der Waals surface area contributed by atoms with E-state index in [-0.39, 0.29) is 0 Å². The maximum Gasteiger partial charge on any atom is 0.0576 e. The molecule has 2 heterocycles. The van der Waals surface area contributed by atoms with Gasteiger partial charge >= 0.3 is 0 Å². The molecule has 0 amide bonds. The van der Waals surface area contributed by atoms with Gasteiger partial charge in [-0.15, -0.1) is 11.8 Å². The van der Waals surface area contributed by atoms with Crippen LogP contribution in [0.1, 0.15) is 25.7 Å². The highest BCUT2D eigenvalue weighted by molar-refractivity contribution is 7.98. The SMILES string of the molecule is CSc1cc(N)cc2c1ccn2CCCC1CCCO1. The fourth-order valence-electron chi connectivity index (χ4n) is 3.01. The van der Waals surface area contributed by atoms with Gasteiger partial charge in [0.2, 0.25) is 0 Å². The summed E-state index contributed by atoms with van der Waals surface area (Å²) in [6.07, 6.45) is 9.56. The highest BCUT2D eigenvalue weighted by Crippen LogP contribution is 2.30. The van der Waals surface area contributed by atoms with E-state index in [4.69, 9.17) is 10.5 Å². The highest BCUT2D eigenvalue weighted by atomic mass is 32.2. The van der Waals surface area contributed by atoms with Gasteiger partial charge in [-0.2, -0.15) is 0 Å². The molecular weight excluding hydrogens is 268 g/mol. The highest BCUT2D eigenvalue weighted by Gasteiger charge is 2.15. The lowest BCUT2D eigenvalue weighted by atomic mass is 10.1. The quantitative estimate of drug-likeness (QED) is 0.670. The Morgan fingerprint density at radius 2 is 2.35 bits per heavy atom. The van der Waals surface area contributed by atoms with Crippen molar-refractivity contribution in [3.05, 3.63) is 24.4 Å². The van der Waals surface area contributed by atoms with Crippen LogP contribution >= 0.6 is 11.8 Å². The first-order chi connectivity index (χ1) is 9.78. The summed E-state index contributed by atoms with van der Waals surface area (Å²) in [5.74, 6) is 0. The van der Waals surface area contributed by atoms with Crippen molar-refractivity contribution in [2.75, 3.05) is 18.6 Å². The van der Waals surface area contributed by atoms with Gasteiger partial charge in [-0.3, -0.25) is 0 Å². The standard InChI is InChI=1S/C16H22N2OS/c1-20-16-11-12(17)10-15-14(16)6-8-18(15)7-2-4-13-5-3-9-19-13/h6,8,10-11,13H,2-5,7,9,17H2,1H3. The zero-order valence-corrected chi connectivity index (χ0v) is 12.8. The van der Waals surface area contributed by atoms with Crippen molar-refractivity contribution in [1.82, 2.24) is 4.57 Å². The fraction of sp³-hybridized carbons (Fsp3) is 0.500. The van der Waals surface area contributed by atoms with Gasteiger partial charge in [0.15, 0.2) is 0 Å². The maximum atomic E-state index is 6.01. The Morgan fingerprint density at radius 1 is 1.45 bits per heavy atom. The van der Waals surface area contributed by atoms with E-state index >= 15 is 0 Å². The summed E-state index contributed by atoms with van der Waals surface area (Å²) in [7, 11) is 0. The molecule has 4 heteroatoms. The average Bonchev–Trinajstić information content (AvgIpc) is 3.08. The number of fused-ring (bicyclic) bond motifs is 1. The van der Waals surface area contributed by atoms with Gasteiger partial charge < -0.3 is 15.0 Å². The van der Waals surface area contributed by atoms with Gasteiger partial charge in [0, 0.05) is 35.3 Å². The second-order valence-electron chi connectivity index (χ2n) is 5.44. The van der Waals surface area contributed by atoms with Crippen molar-refractivity contribution in [3.8, 4) is 0 Å². The second-order valence-corrected chi connectivity index (χ2v) is 6.29. The van der Waals surface area contributed by atoms with E-state index in [1.54, 1.807) is 11.8 Å². The molecule has 20 heavy (non-hydrogen) atoms. The Labute approximate surface area is 124 Å². The Balaban J connectivity index is 1.72. The van der Waals surface area contributed by atoms with Crippen molar-refractivity contribution in [1.29, 1.82) is 0 Å². The van der Waals surface area contributed by atoms with Crippen LogP contribution in [-0.2, 0) is 11.3 Å². The number of aromatic nitrogens is 1. The number of anilines is 1. The summed E-state index contributed by atoms with van der Waals surface area (Å²) in [6.45, 7) is 1.99. The fourth-order valence-corrected chi connectivity index (χ4v) is 3.65. The number of rotatable bonds is 5. The Morgan fingerprint density at radius 3 is 3.10 bits per heavy atom. The van der Waals surface area contributed by atoms with E-state index in [0.29, 0.717) is 6.10 Å². The van der Waals surface area contributed by atoms with Crippen LogP contribution in [0.3, 0.4) is 0 Å². The minimum absolute atomic E-state index is 0.489. The van der Waals surface area contributed by atoms with Crippen LogP contribution in [0.2, 0.25) is 0 Å². The molecule has 1 aliphatic heterocycles. The Hall–Kier alpha value is -1.13. The smallest absolute Gasteiger partial charge is 0.0576 e. The zero-order valence-electron chi connectivity index (χ0n) is 12.0. The Kier molecular flexibility index (Phi) is 4.22. The number of nitrogen functional groups attached to an aromatic ring is 1. The number of thioether (sulfide) groups is 1. The maximum absolute atomic E-state index is 6.01. The van der Waals surface area contributed by atoms with Crippen LogP contribution < -0.4 is 5.73 Å². The largest absolute Gasteiger partial charge is 0.399 e. The molecule has 1 aromatic carbocycles. The van der Waals surface area contributed by atoms with Gasteiger partial charge in [-0.05, 0) is 50.1 Å². The number of hydrogen-bond acceptors (Lipinski definition) is 3. The molecule has 0 spiro atoms. The lowest BCUT2D eigenvalue weighted by molar-refractivity contribution is 0.101. The van der Waals surface area contributed by atoms with E-state index < -0.39 is 0 Å². The summed E-state index contributed by atoms with van der Waals surface area (Å²) in [4.78, 5) is 1.26. The van der Waals surface area contributed by atoms with Crippen LogP contribution in [0.25, 0.3) is 10.9 Å². The molecule has 0 saturated carbocycles. The van der Waals surface area contributed by atoms with Crippen molar-refractivity contribution in [2.45, 2.75) is 43.2 Å². The number of benzene rings is 1. The Bertz CT molecular complexity index is 587. The molecule has 108 valence electrons. The summed E-state index contributed by atoms with van der Waals surface area (Å²) in [5, 5.41) is 1.31. The average molecular weight is 290 g/mol. The number of aryl methyl sites for hydroxylation is 1. The number of nitrogens with zero attached hydrogens (tertiary/aromatic N) is 1. The number of ether oxygens (including phenoxy) is 1. The molecular formula is C16H22N2OS. The third kappa shape index (κ3) is 2.81. The minimum Gasteiger partial charge on any atom is -0.399 e. The van der Waals surface area contributed by atoms with E-state index in [1.807, 2.05) is 0 Å². The number of hydrogen-bond donors (Lipinski definition) is 1. The van der Waals surface area contributed by atoms with Crippen LogP contribution in [0.15, 0.2) is 29.3 Å². The van der Waals surface area contributed by atoms with Gasteiger partial charge in [-0.25, -0.2) is 0 Å². The predicted molar refractivity (Wildman–Crippen MR) is 86.3 cm³/mol. The van der Waals surface area contributed by atoms with Gasteiger partial charge in [0.25, 0.3) is 0 Å². The van der Waals surface area contributed by atoms with Crippen molar-refractivity contribution >= 4 is 28.4 Å². The monoisotopic (exact) mass is 290 g/mol. The summed E-state index contributed by atoms with van der Waals surface area (Å²) < 4.78 is 8.00. The normalized spacial score (nSPS) is 18.9. The lowest BCUT2D eigenvalue weighted by Crippen LogP contribution is -2.06. The van der Waals surface area contributed by atoms with Crippen LogP contribution in [-0.4, -0.2) is 23.5 Å². The van der Waals surface area contributed by atoms with Gasteiger partial charge in [0.05, 0.1) is 11.6 Å². The van der Waals surface area contributed by atoms with Gasteiger partial charge in [-0.1, -0.05) is 0 Å². The third-order valence-electron chi connectivity index (χ3n) is 4.04. The first-order valence-corrected chi connectivity index (χ1v) is 8.54. The van der Waals surface area contributed by atoms with E-state index in [0.717, 1.165) is 31.7 Å². The van der Waals surface area contributed by atoms with E-state index in [1.165, 1.54) is 28.6 Å². The third-order valence-corrected chi connectivity index (χ3v) is 4.82. The molecule has 2 N–H and O–H groups in total. The summed E-state index contributed by atoms with van der Waals surface area (Å²) in [5.41, 5.74) is 8.11. The molecule has 1 aromatic heterocycles. The molecule has 0 aliphatic carbocycles. The zero-order chi connectivity index (χ0) is 13.9. The summed E-state index contributed by atoms with van der Waals surface area (Å²) in [6, 6.07) is 6.34. The molecule has 3 rings (SSSR count). The summed E-state index contributed by atoms with van der Waals surface area (Å²) >= 11 is 1.76. The van der Waals surface area contributed by atoms with Gasteiger partial charge in [0.1, 0.15) is 0 Å². The lowest BCUT2D eigenvalue weighted by Gasteiger charge is -2.11. The van der Waals surface area contributed by atoms with E-state index in [9.17, 15) is 0 Å². The number of nitrogens with two attached hydrogens (primary N) is 1. The van der Waals surface area contributed by atoms with Crippen LogP contribution in [0, 0.1) is 0 Å². The topological polar surface area (TPSA) is 40.2 Å². The van der Waals surface area contributed by atoms with Crippen LogP contribution in [0.4, 0.5) is 5.69 Å². The molecule has 1 unspecified atom stereocenters. The first-order valence-electron chi connectivity index (χ1n) is 7.32. The minimum atomic E-state index is 0.489. The molecule has 0 radical (unpaired) electrons. The first kappa shape index (κ1) is 13.8. The second kappa shape index (κ2) is 6.10. The predicted octanol–water partition coefficient (Wildman–Crippen LogP) is 3.90.